The zero-order chi connectivity index (χ0) is 24.2. The van der Waals surface area contributed by atoms with E-state index < -0.39 is 23.1 Å². The van der Waals surface area contributed by atoms with Gasteiger partial charge in [0.2, 0.25) is 0 Å². The van der Waals surface area contributed by atoms with E-state index in [0.717, 1.165) is 17.8 Å². The summed E-state index contributed by atoms with van der Waals surface area (Å²) in [6, 6.07) is 12.8. The van der Waals surface area contributed by atoms with Crippen LogP contribution in [0.25, 0.3) is 0 Å². The van der Waals surface area contributed by atoms with Gasteiger partial charge in [-0.1, -0.05) is 18.2 Å². The average molecular weight is 467 g/mol. The van der Waals surface area contributed by atoms with Gasteiger partial charge in [0.15, 0.2) is 0 Å². The molecular formula is C26H24F3N3O2. The van der Waals surface area contributed by atoms with Crippen LogP contribution in [0.1, 0.15) is 56.4 Å². The van der Waals surface area contributed by atoms with Crippen molar-refractivity contribution in [3.63, 3.8) is 0 Å². The lowest BCUT2D eigenvalue weighted by atomic mass is 9.89. The highest BCUT2D eigenvalue weighted by Gasteiger charge is 2.30. The minimum atomic E-state index is -0.885. The average Bonchev–Trinajstić information content (AvgIpc) is 2.82. The van der Waals surface area contributed by atoms with Crippen LogP contribution in [-0.4, -0.2) is 34.8 Å². The van der Waals surface area contributed by atoms with Gasteiger partial charge in [0, 0.05) is 31.2 Å². The maximum Gasteiger partial charge on any atom is 0.259 e. The Kier molecular flexibility index (Phi) is 6.95. The molecule has 0 spiro atoms. The Hall–Kier alpha value is -3.68. The SMILES string of the molecule is Cc1ccc(C(=O)NCc2cccc(F)c2)c(C2CCN(C(=O)c3c(F)cccc3F)CC2)n1. The summed E-state index contributed by atoms with van der Waals surface area (Å²) in [5.41, 5.74) is 1.89. The van der Waals surface area contributed by atoms with Gasteiger partial charge >= 0.3 is 0 Å². The molecule has 2 amide bonds. The fourth-order valence-electron chi connectivity index (χ4n) is 4.22. The third-order valence-corrected chi connectivity index (χ3v) is 6.00. The van der Waals surface area contributed by atoms with E-state index in [2.05, 4.69) is 10.3 Å². The maximum atomic E-state index is 14.0. The van der Waals surface area contributed by atoms with E-state index in [1.54, 1.807) is 24.3 Å². The fraction of sp³-hybridized carbons (Fsp3) is 0.269. The van der Waals surface area contributed by atoms with Crippen molar-refractivity contribution < 1.29 is 22.8 Å². The molecule has 0 aliphatic carbocycles. The normalized spacial score (nSPS) is 14.2. The first-order chi connectivity index (χ1) is 16.3. The van der Waals surface area contributed by atoms with Crippen LogP contribution in [0.4, 0.5) is 13.2 Å². The van der Waals surface area contributed by atoms with E-state index >= 15 is 0 Å². The van der Waals surface area contributed by atoms with Crippen molar-refractivity contribution in [3.8, 4) is 0 Å². The molecule has 2 aromatic carbocycles. The predicted molar refractivity (Wildman–Crippen MR) is 121 cm³/mol. The molecule has 1 fully saturated rings. The van der Waals surface area contributed by atoms with Crippen molar-refractivity contribution in [1.29, 1.82) is 0 Å². The van der Waals surface area contributed by atoms with Crippen molar-refractivity contribution in [1.82, 2.24) is 15.2 Å². The van der Waals surface area contributed by atoms with Gasteiger partial charge in [0.05, 0.1) is 11.3 Å². The molecule has 3 aromatic rings. The number of hydrogen-bond acceptors (Lipinski definition) is 3. The molecule has 1 aliphatic rings. The smallest absolute Gasteiger partial charge is 0.259 e. The van der Waals surface area contributed by atoms with Crippen LogP contribution in [0.2, 0.25) is 0 Å². The van der Waals surface area contributed by atoms with E-state index in [1.165, 1.54) is 23.1 Å². The first-order valence-corrected chi connectivity index (χ1v) is 11.1. The molecule has 1 aliphatic heterocycles. The van der Waals surface area contributed by atoms with Crippen molar-refractivity contribution >= 4 is 11.8 Å². The molecule has 0 saturated carbocycles. The Morgan fingerprint density at radius 3 is 2.35 bits per heavy atom. The molecule has 34 heavy (non-hydrogen) atoms. The lowest BCUT2D eigenvalue weighted by Crippen LogP contribution is -2.39. The first-order valence-electron chi connectivity index (χ1n) is 11.1. The van der Waals surface area contributed by atoms with E-state index in [-0.39, 0.29) is 37.3 Å². The number of nitrogens with one attached hydrogen (secondary N) is 1. The number of amides is 2. The number of rotatable bonds is 5. The number of piperidine rings is 1. The van der Waals surface area contributed by atoms with Crippen LogP contribution in [-0.2, 0) is 6.54 Å². The third-order valence-electron chi connectivity index (χ3n) is 6.00. The zero-order valence-electron chi connectivity index (χ0n) is 18.7. The van der Waals surface area contributed by atoms with Gasteiger partial charge in [0.25, 0.3) is 11.8 Å². The highest BCUT2D eigenvalue weighted by molar-refractivity contribution is 5.96. The monoisotopic (exact) mass is 467 g/mol. The van der Waals surface area contributed by atoms with Crippen LogP contribution < -0.4 is 5.32 Å². The Bertz CT molecular complexity index is 1200. The topological polar surface area (TPSA) is 62.3 Å². The Labute approximate surface area is 195 Å². The number of benzene rings is 2. The highest BCUT2D eigenvalue weighted by Crippen LogP contribution is 2.30. The van der Waals surface area contributed by atoms with Crippen LogP contribution >= 0.6 is 0 Å². The van der Waals surface area contributed by atoms with E-state index in [1.807, 2.05) is 6.92 Å². The lowest BCUT2D eigenvalue weighted by Gasteiger charge is -2.32. The molecular weight excluding hydrogens is 443 g/mol. The largest absolute Gasteiger partial charge is 0.348 e. The van der Waals surface area contributed by atoms with Crippen molar-refractivity contribution in [3.05, 3.63) is 100 Å². The van der Waals surface area contributed by atoms with E-state index in [9.17, 15) is 22.8 Å². The number of pyridine rings is 1. The summed E-state index contributed by atoms with van der Waals surface area (Å²) in [6.07, 6.45) is 1.00. The standard InChI is InChI=1S/C26H24F3N3O2/c1-16-8-9-20(25(33)30-15-17-4-2-5-19(27)14-17)24(31-16)18-10-12-32(13-11-18)26(34)23-21(28)6-3-7-22(23)29/h2-9,14,18H,10-13,15H2,1H3,(H,30,33). The molecule has 0 radical (unpaired) electrons. The van der Waals surface area contributed by atoms with Crippen LogP contribution in [0.15, 0.2) is 54.6 Å². The Morgan fingerprint density at radius 2 is 1.68 bits per heavy atom. The number of aromatic nitrogens is 1. The first kappa shape index (κ1) is 23.5. The van der Waals surface area contributed by atoms with Gasteiger partial charge in [-0.05, 0) is 61.7 Å². The molecule has 5 nitrogen and oxygen atoms in total. The van der Waals surface area contributed by atoms with Crippen LogP contribution in [0.3, 0.4) is 0 Å². The van der Waals surface area contributed by atoms with Crippen LogP contribution in [0, 0.1) is 24.4 Å². The number of nitrogens with zero attached hydrogens (tertiary/aromatic N) is 2. The number of carbonyl (C=O) groups is 2. The van der Waals surface area contributed by atoms with Crippen LogP contribution in [0.5, 0.6) is 0 Å². The molecule has 0 unspecified atom stereocenters. The maximum absolute atomic E-state index is 14.0. The Balaban J connectivity index is 1.46. The molecule has 1 saturated heterocycles. The van der Waals surface area contributed by atoms with Crippen molar-refractivity contribution in [2.45, 2.75) is 32.2 Å². The van der Waals surface area contributed by atoms with Gasteiger partial charge in [-0.25, -0.2) is 13.2 Å². The summed E-state index contributed by atoms with van der Waals surface area (Å²) in [5, 5.41) is 2.81. The second kappa shape index (κ2) is 10.1. The summed E-state index contributed by atoms with van der Waals surface area (Å²) in [4.78, 5) is 31.6. The van der Waals surface area contributed by atoms with Gasteiger partial charge in [-0.3, -0.25) is 14.6 Å². The summed E-state index contributed by atoms with van der Waals surface area (Å²) < 4.78 is 41.5. The molecule has 176 valence electrons. The van der Waals surface area contributed by atoms with E-state index in [0.29, 0.717) is 29.7 Å². The minimum absolute atomic E-state index is 0.0932. The lowest BCUT2D eigenvalue weighted by molar-refractivity contribution is 0.0700. The molecule has 1 N–H and O–H groups in total. The summed E-state index contributed by atoms with van der Waals surface area (Å²) in [5.74, 6) is -3.24. The predicted octanol–water partition coefficient (Wildman–Crippen LogP) is 4.76. The summed E-state index contributed by atoms with van der Waals surface area (Å²) >= 11 is 0. The Morgan fingerprint density at radius 1 is 1.00 bits per heavy atom. The molecule has 0 atom stereocenters. The molecule has 0 bridgehead atoms. The number of halogens is 3. The quantitative estimate of drug-likeness (QED) is 0.589. The number of carbonyl (C=O) groups excluding carboxylic acids is 2. The summed E-state index contributed by atoms with van der Waals surface area (Å²) in [7, 11) is 0. The van der Waals surface area contributed by atoms with Crippen molar-refractivity contribution in [2.24, 2.45) is 0 Å². The third kappa shape index (κ3) is 5.11. The fourth-order valence-corrected chi connectivity index (χ4v) is 4.22. The van der Waals surface area contributed by atoms with Gasteiger partial charge in [0.1, 0.15) is 23.0 Å². The number of hydrogen-bond donors (Lipinski definition) is 1. The number of aryl methyl sites for hydroxylation is 1. The van der Waals surface area contributed by atoms with Gasteiger partial charge in [-0.15, -0.1) is 0 Å². The minimum Gasteiger partial charge on any atom is -0.348 e. The molecule has 4 rings (SSSR count). The second-order valence-corrected chi connectivity index (χ2v) is 8.36. The highest BCUT2D eigenvalue weighted by atomic mass is 19.1. The zero-order valence-corrected chi connectivity index (χ0v) is 18.7. The van der Waals surface area contributed by atoms with Gasteiger partial charge < -0.3 is 10.2 Å². The van der Waals surface area contributed by atoms with Crippen molar-refractivity contribution in [2.75, 3.05) is 13.1 Å². The second-order valence-electron chi connectivity index (χ2n) is 8.36. The molecule has 8 heteroatoms. The van der Waals surface area contributed by atoms with Gasteiger partial charge in [-0.2, -0.15) is 0 Å². The number of likely N-dealkylation sites (tertiary alicyclic amines) is 1. The molecule has 2 heterocycles. The molecule has 1 aromatic heterocycles. The summed E-state index contributed by atoms with van der Waals surface area (Å²) in [6.45, 7) is 2.58. The van der Waals surface area contributed by atoms with E-state index in [4.69, 9.17) is 0 Å².